The molecule has 5 heteroatoms. The van der Waals surface area contributed by atoms with Crippen molar-refractivity contribution in [3.8, 4) is 5.75 Å². The van der Waals surface area contributed by atoms with E-state index in [2.05, 4.69) is 19.2 Å². The van der Waals surface area contributed by atoms with E-state index in [4.69, 9.17) is 4.74 Å². The Balaban J connectivity index is 2.83. The maximum Gasteiger partial charge on any atom is 0.273 e. The van der Waals surface area contributed by atoms with Gasteiger partial charge in [0.2, 0.25) is 0 Å². The van der Waals surface area contributed by atoms with Crippen LogP contribution in [0.4, 0.5) is 5.69 Å². The summed E-state index contributed by atoms with van der Waals surface area (Å²) in [5.74, 6) is 0.514. The number of nitro benzene ring substituents is 1. The Morgan fingerprint density at radius 2 is 2.18 bits per heavy atom. The molecule has 0 amide bonds. The van der Waals surface area contributed by atoms with Crippen molar-refractivity contribution in [1.29, 1.82) is 0 Å². The van der Waals surface area contributed by atoms with Crippen molar-refractivity contribution in [2.45, 2.75) is 32.9 Å². The third kappa shape index (κ3) is 4.03. The van der Waals surface area contributed by atoms with Crippen molar-refractivity contribution < 1.29 is 9.66 Å². The minimum Gasteiger partial charge on any atom is -0.496 e. The lowest BCUT2D eigenvalue weighted by Crippen LogP contribution is -2.24. The molecule has 1 rings (SSSR count). The molecule has 1 N–H and O–H groups in total. The van der Waals surface area contributed by atoms with Gasteiger partial charge in [-0.1, -0.05) is 6.92 Å². The van der Waals surface area contributed by atoms with Gasteiger partial charge in [0, 0.05) is 18.7 Å². The first-order valence-electron chi connectivity index (χ1n) is 5.62. The molecule has 5 nitrogen and oxygen atoms in total. The number of benzene rings is 1. The van der Waals surface area contributed by atoms with Gasteiger partial charge in [-0.25, -0.2) is 0 Å². The summed E-state index contributed by atoms with van der Waals surface area (Å²) in [4.78, 5) is 10.3. The molecule has 17 heavy (non-hydrogen) atoms. The molecule has 0 aliphatic rings. The van der Waals surface area contributed by atoms with Crippen molar-refractivity contribution in [3.05, 3.63) is 33.9 Å². The fraction of sp³-hybridized carbons (Fsp3) is 0.500. The van der Waals surface area contributed by atoms with E-state index in [-0.39, 0.29) is 5.69 Å². The van der Waals surface area contributed by atoms with Gasteiger partial charge in [-0.05, 0) is 25.0 Å². The topological polar surface area (TPSA) is 64.4 Å². The second-order valence-corrected chi connectivity index (χ2v) is 3.99. The van der Waals surface area contributed by atoms with Crippen molar-refractivity contribution in [1.82, 2.24) is 5.32 Å². The first kappa shape index (κ1) is 13.4. The first-order chi connectivity index (χ1) is 8.06. The van der Waals surface area contributed by atoms with E-state index in [1.165, 1.54) is 13.2 Å². The number of nitrogens with one attached hydrogen (secondary N) is 1. The fourth-order valence-electron chi connectivity index (χ4n) is 1.41. The predicted octanol–water partition coefficient (Wildman–Crippen LogP) is 2.49. The Morgan fingerprint density at radius 1 is 1.47 bits per heavy atom. The van der Waals surface area contributed by atoms with Crippen LogP contribution in [0.5, 0.6) is 5.75 Å². The summed E-state index contributed by atoms with van der Waals surface area (Å²) in [5, 5.41) is 14.0. The number of nitrogens with zero attached hydrogens (tertiary/aromatic N) is 1. The van der Waals surface area contributed by atoms with Gasteiger partial charge in [0.25, 0.3) is 5.69 Å². The minimum absolute atomic E-state index is 0.0605. The van der Waals surface area contributed by atoms with Crippen LogP contribution in [-0.4, -0.2) is 18.1 Å². The summed E-state index contributed by atoms with van der Waals surface area (Å²) in [6.45, 7) is 4.77. The number of non-ortho nitro benzene ring substituents is 1. The maximum atomic E-state index is 10.7. The molecule has 1 aromatic rings. The molecule has 0 aliphatic carbocycles. The quantitative estimate of drug-likeness (QED) is 0.611. The minimum atomic E-state index is -0.407. The van der Waals surface area contributed by atoms with Crippen LogP contribution in [-0.2, 0) is 6.54 Å². The van der Waals surface area contributed by atoms with Crippen LogP contribution in [0.3, 0.4) is 0 Å². The standard InChI is InChI=1S/C12H18N2O3/c1-4-9(2)13-8-10-5-11(14(15)16)7-12(6-10)17-3/h5-7,9,13H,4,8H2,1-3H3. The highest BCUT2D eigenvalue weighted by atomic mass is 16.6. The van der Waals surface area contributed by atoms with E-state index in [1.807, 2.05) is 6.07 Å². The maximum absolute atomic E-state index is 10.7. The third-order valence-corrected chi connectivity index (χ3v) is 2.66. The monoisotopic (exact) mass is 238 g/mol. The van der Waals surface area contributed by atoms with E-state index < -0.39 is 4.92 Å². The molecule has 0 heterocycles. The molecule has 94 valence electrons. The molecule has 0 fully saturated rings. The predicted molar refractivity (Wildman–Crippen MR) is 66.2 cm³/mol. The molecule has 0 radical (unpaired) electrons. The van der Waals surface area contributed by atoms with Crippen LogP contribution >= 0.6 is 0 Å². The lowest BCUT2D eigenvalue weighted by molar-refractivity contribution is -0.385. The van der Waals surface area contributed by atoms with Crippen LogP contribution in [0.25, 0.3) is 0 Å². The highest BCUT2D eigenvalue weighted by Crippen LogP contribution is 2.22. The summed E-state index contributed by atoms with van der Waals surface area (Å²) >= 11 is 0. The zero-order chi connectivity index (χ0) is 12.8. The smallest absolute Gasteiger partial charge is 0.273 e. The van der Waals surface area contributed by atoms with E-state index >= 15 is 0 Å². The molecule has 0 aromatic heterocycles. The molecule has 1 unspecified atom stereocenters. The molecule has 0 aliphatic heterocycles. The van der Waals surface area contributed by atoms with Gasteiger partial charge < -0.3 is 10.1 Å². The SMILES string of the molecule is CCC(C)NCc1cc(OC)cc([N+](=O)[O-])c1. The molecule has 0 saturated carbocycles. The van der Waals surface area contributed by atoms with Gasteiger partial charge in [-0.2, -0.15) is 0 Å². The van der Waals surface area contributed by atoms with Gasteiger partial charge >= 0.3 is 0 Å². The molecule has 0 spiro atoms. The lowest BCUT2D eigenvalue weighted by atomic mass is 10.1. The Kier molecular flexibility index (Phi) is 4.90. The van der Waals surface area contributed by atoms with Crippen LogP contribution < -0.4 is 10.1 Å². The highest BCUT2D eigenvalue weighted by Gasteiger charge is 2.10. The Bertz CT molecular complexity index is 393. The number of methoxy groups -OCH3 is 1. The highest BCUT2D eigenvalue weighted by molar-refractivity contribution is 5.42. The van der Waals surface area contributed by atoms with E-state index in [1.54, 1.807) is 6.07 Å². The van der Waals surface area contributed by atoms with E-state index in [0.717, 1.165) is 12.0 Å². The average molecular weight is 238 g/mol. The summed E-state index contributed by atoms with van der Waals surface area (Å²) in [7, 11) is 1.50. The normalized spacial score (nSPS) is 12.2. The summed E-state index contributed by atoms with van der Waals surface area (Å²) in [6.07, 6.45) is 1.02. The van der Waals surface area contributed by atoms with E-state index in [0.29, 0.717) is 18.3 Å². The van der Waals surface area contributed by atoms with Crippen LogP contribution in [0.15, 0.2) is 18.2 Å². The summed E-state index contributed by atoms with van der Waals surface area (Å²) in [6, 6.07) is 5.19. The number of hydrogen-bond donors (Lipinski definition) is 1. The Hall–Kier alpha value is -1.62. The lowest BCUT2D eigenvalue weighted by Gasteiger charge is -2.11. The van der Waals surface area contributed by atoms with E-state index in [9.17, 15) is 10.1 Å². The van der Waals surface area contributed by atoms with Gasteiger partial charge in [-0.3, -0.25) is 10.1 Å². The third-order valence-electron chi connectivity index (χ3n) is 2.66. The zero-order valence-electron chi connectivity index (χ0n) is 10.4. The summed E-state index contributed by atoms with van der Waals surface area (Å²) in [5.41, 5.74) is 0.918. The van der Waals surface area contributed by atoms with Crippen LogP contribution in [0, 0.1) is 10.1 Å². The zero-order valence-corrected chi connectivity index (χ0v) is 10.4. The average Bonchev–Trinajstić information content (AvgIpc) is 2.35. The van der Waals surface area contributed by atoms with Crippen LogP contribution in [0.2, 0.25) is 0 Å². The Morgan fingerprint density at radius 3 is 2.71 bits per heavy atom. The van der Waals surface area contributed by atoms with Crippen molar-refractivity contribution in [2.75, 3.05) is 7.11 Å². The molecule has 0 bridgehead atoms. The number of rotatable bonds is 6. The van der Waals surface area contributed by atoms with Gasteiger partial charge in [0.1, 0.15) is 5.75 Å². The number of nitro groups is 1. The van der Waals surface area contributed by atoms with Crippen LogP contribution in [0.1, 0.15) is 25.8 Å². The molecule has 0 saturated heterocycles. The molecule has 1 aromatic carbocycles. The van der Waals surface area contributed by atoms with Crippen molar-refractivity contribution >= 4 is 5.69 Å². The second kappa shape index (κ2) is 6.20. The largest absolute Gasteiger partial charge is 0.496 e. The van der Waals surface area contributed by atoms with Gasteiger partial charge in [0.05, 0.1) is 18.1 Å². The molecule has 1 atom stereocenters. The number of hydrogen-bond acceptors (Lipinski definition) is 4. The number of ether oxygens (including phenoxy) is 1. The van der Waals surface area contributed by atoms with Crippen molar-refractivity contribution in [2.24, 2.45) is 0 Å². The first-order valence-corrected chi connectivity index (χ1v) is 5.62. The second-order valence-electron chi connectivity index (χ2n) is 3.99. The van der Waals surface area contributed by atoms with Gasteiger partial charge in [-0.15, -0.1) is 0 Å². The fourth-order valence-corrected chi connectivity index (χ4v) is 1.41. The van der Waals surface area contributed by atoms with Crippen molar-refractivity contribution in [3.63, 3.8) is 0 Å². The Labute approximate surface area is 101 Å². The summed E-state index contributed by atoms with van der Waals surface area (Å²) < 4.78 is 5.05. The molecular formula is C12H18N2O3. The van der Waals surface area contributed by atoms with Gasteiger partial charge in [0.15, 0.2) is 0 Å². The molecular weight excluding hydrogens is 220 g/mol.